The van der Waals surface area contributed by atoms with Gasteiger partial charge in [0, 0.05) is 12.1 Å². The first-order valence-corrected chi connectivity index (χ1v) is 6.04. The number of aliphatic imine (C=N–C) groups is 1. The van der Waals surface area contributed by atoms with Gasteiger partial charge in [0.15, 0.2) is 17.5 Å². The molecular weight excluding hydrogens is 246 g/mol. The molecule has 1 aliphatic rings. The highest BCUT2D eigenvalue weighted by molar-refractivity contribution is 6.07. The van der Waals surface area contributed by atoms with Crippen LogP contribution in [-0.4, -0.2) is 32.6 Å². The number of para-hydroxylation sites is 1. The molecule has 1 aromatic carbocycles. The Hall–Kier alpha value is -2.24. The molecule has 1 unspecified atom stereocenters. The molecule has 0 radical (unpaired) electrons. The SMILES string of the molecule is CCN=C1NC(=O)C(c2cccc(OC)c2OC)N1. The van der Waals surface area contributed by atoms with Gasteiger partial charge in [0.2, 0.25) is 0 Å². The highest BCUT2D eigenvalue weighted by Gasteiger charge is 2.32. The molecule has 1 fully saturated rings. The van der Waals surface area contributed by atoms with E-state index in [1.54, 1.807) is 20.3 Å². The maximum Gasteiger partial charge on any atom is 0.254 e. The van der Waals surface area contributed by atoms with Crippen molar-refractivity contribution in [3.63, 3.8) is 0 Å². The monoisotopic (exact) mass is 263 g/mol. The van der Waals surface area contributed by atoms with Gasteiger partial charge in [0.25, 0.3) is 5.91 Å². The van der Waals surface area contributed by atoms with Crippen LogP contribution in [0.4, 0.5) is 0 Å². The van der Waals surface area contributed by atoms with Crippen LogP contribution in [0.25, 0.3) is 0 Å². The first-order valence-electron chi connectivity index (χ1n) is 6.04. The van der Waals surface area contributed by atoms with Gasteiger partial charge in [0.1, 0.15) is 6.04 Å². The average Bonchev–Trinajstić information content (AvgIpc) is 2.79. The van der Waals surface area contributed by atoms with Gasteiger partial charge in [-0.05, 0) is 13.0 Å². The van der Waals surface area contributed by atoms with Crippen molar-refractivity contribution in [2.75, 3.05) is 20.8 Å². The minimum atomic E-state index is -0.518. The summed E-state index contributed by atoms with van der Waals surface area (Å²) < 4.78 is 10.6. The fourth-order valence-electron chi connectivity index (χ4n) is 2.03. The molecule has 19 heavy (non-hydrogen) atoms. The zero-order chi connectivity index (χ0) is 13.8. The first kappa shape index (κ1) is 13.2. The Kier molecular flexibility index (Phi) is 3.89. The van der Waals surface area contributed by atoms with Crippen molar-refractivity contribution >= 4 is 11.9 Å². The Morgan fingerprint density at radius 2 is 2.11 bits per heavy atom. The van der Waals surface area contributed by atoms with E-state index in [-0.39, 0.29) is 5.91 Å². The van der Waals surface area contributed by atoms with Crippen molar-refractivity contribution in [3.05, 3.63) is 23.8 Å². The van der Waals surface area contributed by atoms with Crippen molar-refractivity contribution in [3.8, 4) is 11.5 Å². The number of hydrogen-bond acceptors (Lipinski definition) is 4. The Bertz CT molecular complexity index is 514. The van der Waals surface area contributed by atoms with E-state index in [0.29, 0.717) is 24.0 Å². The third-order valence-electron chi connectivity index (χ3n) is 2.85. The van der Waals surface area contributed by atoms with E-state index in [4.69, 9.17) is 9.47 Å². The lowest BCUT2D eigenvalue weighted by molar-refractivity contribution is -0.120. The zero-order valence-corrected chi connectivity index (χ0v) is 11.2. The number of methoxy groups -OCH3 is 2. The number of carbonyl (C=O) groups excluding carboxylic acids is 1. The topological polar surface area (TPSA) is 72.0 Å². The second-order valence-corrected chi connectivity index (χ2v) is 3.97. The molecule has 1 saturated heterocycles. The zero-order valence-electron chi connectivity index (χ0n) is 11.2. The van der Waals surface area contributed by atoms with Gasteiger partial charge < -0.3 is 14.8 Å². The predicted octanol–water partition coefficient (Wildman–Crippen LogP) is 0.840. The van der Waals surface area contributed by atoms with Crippen molar-refractivity contribution in [2.24, 2.45) is 4.99 Å². The van der Waals surface area contributed by atoms with E-state index in [0.717, 1.165) is 5.56 Å². The fraction of sp³-hybridized carbons (Fsp3) is 0.385. The number of amides is 1. The van der Waals surface area contributed by atoms with Crippen molar-refractivity contribution in [2.45, 2.75) is 13.0 Å². The average molecular weight is 263 g/mol. The van der Waals surface area contributed by atoms with Crippen LogP contribution in [0.2, 0.25) is 0 Å². The maximum atomic E-state index is 12.0. The van der Waals surface area contributed by atoms with Crippen LogP contribution >= 0.6 is 0 Å². The quantitative estimate of drug-likeness (QED) is 0.844. The summed E-state index contributed by atoms with van der Waals surface area (Å²) in [5.74, 6) is 1.48. The lowest BCUT2D eigenvalue weighted by Gasteiger charge is -2.15. The molecule has 2 rings (SSSR count). The summed E-state index contributed by atoms with van der Waals surface area (Å²) in [4.78, 5) is 16.1. The van der Waals surface area contributed by atoms with Crippen molar-refractivity contribution in [1.82, 2.24) is 10.6 Å². The highest BCUT2D eigenvalue weighted by Crippen LogP contribution is 2.35. The van der Waals surface area contributed by atoms with Crippen LogP contribution in [0, 0.1) is 0 Å². The lowest BCUT2D eigenvalue weighted by Crippen LogP contribution is -2.25. The van der Waals surface area contributed by atoms with E-state index in [1.165, 1.54) is 0 Å². The molecule has 1 aliphatic heterocycles. The maximum absolute atomic E-state index is 12.0. The lowest BCUT2D eigenvalue weighted by atomic mass is 10.1. The van der Waals surface area contributed by atoms with Crippen molar-refractivity contribution < 1.29 is 14.3 Å². The summed E-state index contributed by atoms with van der Waals surface area (Å²) in [6, 6.07) is 4.92. The summed E-state index contributed by atoms with van der Waals surface area (Å²) in [5, 5.41) is 5.73. The molecular formula is C13H17N3O3. The molecule has 6 heteroatoms. The number of rotatable bonds is 4. The van der Waals surface area contributed by atoms with Gasteiger partial charge >= 0.3 is 0 Å². The van der Waals surface area contributed by atoms with Gasteiger partial charge in [0.05, 0.1) is 14.2 Å². The summed E-state index contributed by atoms with van der Waals surface area (Å²) in [5.41, 5.74) is 0.723. The minimum Gasteiger partial charge on any atom is -0.493 e. The summed E-state index contributed by atoms with van der Waals surface area (Å²) in [6.45, 7) is 2.50. The molecule has 1 aromatic rings. The van der Waals surface area contributed by atoms with Crippen LogP contribution in [-0.2, 0) is 4.79 Å². The number of guanidine groups is 1. The molecule has 102 valence electrons. The minimum absolute atomic E-state index is 0.154. The molecule has 6 nitrogen and oxygen atoms in total. The fourth-order valence-corrected chi connectivity index (χ4v) is 2.03. The Labute approximate surface area is 111 Å². The van der Waals surface area contributed by atoms with Gasteiger partial charge in [-0.25, -0.2) is 0 Å². The third kappa shape index (κ3) is 2.47. The van der Waals surface area contributed by atoms with E-state index < -0.39 is 6.04 Å². The number of benzene rings is 1. The molecule has 1 heterocycles. The van der Waals surface area contributed by atoms with Gasteiger partial charge in [-0.3, -0.25) is 15.1 Å². The largest absolute Gasteiger partial charge is 0.493 e. The highest BCUT2D eigenvalue weighted by atomic mass is 16.5. The Balaban J connectivity index is 2.37. The number of nitrogens with one attached hydrogen (secondary N) is 2. The number of carbonyl (C=O) groups is 1. The van der Waals surface area contributed by atoms with Crippen LogP contribution in [0.3, 0.4) is 0 Å². The first-order chi connectivity index (χ1) is 9.21. The van der Waals surface area contributed by atoms with Crippen LogP contribution in [0.1, 0.15) is 18.5 Å². The normalized spacial score (nSPS) is 20.1. The third-order valence-corrected chi connectivity index (χ3v) is 2.85. The Morgan fingerprint density at radius 1 is 1.32 bits per heavy atom. The summed E-state index contributed by atoms with van der Waals surface area (Å²) in [6.07, 6.45) is 0. The number of nitrogens with zero attached hydrogens (tertiary/aromatic N) is 1. The summed E-state index contributed by atoms with van der Waals surface area (Å²) >= 11 is 0. The number of hydrogen-bond donors (Lipinski definition) is 2. The molecule has 0 aliphatic carbocycles. The van der Waals surface area contributed by atoms with Crippen LogP contribution in [0.15, 0.2) is 23.2 Å². The summed E-state index contributed by atoms with van der Waals surface area (Å²) in [7, 11) is 3.11. The molecule has 2 N–H and O–H groups in total. The van der Waals surface area contributed by atoms with Gasteiger partial charge in [-0.2, -0.15) is 0 Å². The molecule has 0 bridgehead atoms. The van der Waals surface area contributed by atoms with E-state index >= 15 is 0 Å². The molecule has 0 aromatic heterocycles. The second-order valence-electron chi connectivity index (χ2n) is 3.97. The van der Waals surface area contributed by atoms with E-state index in [1.807, 2.05) is 19.1 Å². The van der Waals surface area contributed by atoms with E-state index in [9.17, 15) is 4.79 Å². The molecule has 0 spiro atoms. The smallest absolute Gasteiger partial charge is 0.254 e. The van der Waals surface area contributed by atoms with Gasteiger partial charge in [-0.15, -0.1) is 0 Å². The molecule has 0 saturated carbocycles. The van der Waals surface area contributed by atoms with E-state index in [2.05, 4.69) is 15.6 Å². The van der Waals surface area contributed by atoms with Crippen LogP contribution < -0.4 is 20.1 Å². The molecule has 1 amide bonds. The van der Waals surface area contributed by atoms with Gasteiger partial charge in [-0.1, -0.05) is 12.1 Å². The Morgan fingerprint density at radius 3 is 2.74 bits per heavy atom. The van der Waals surface area contributed by atoms with Crippen LogP contribution in [0.5, 0.6) is 11.5 Å². The number of ether oxygens (including phenoxy) is 2. The van der Waals surface area contributed by atoms with Crippen molar-refractivity contribution in [1.29, 1.82) is 0 Å². The molecule has 1 atom stereocenters. The second kappa shape index (κ2) is 5.60. The standard InChI is InChI=1S/C13H17N3O3/c1-4-14-13-15-10(12(17)16-13)8-6-5-7-9(18-2)11(8)19-3/h5-7,10H,4H2,1-3H3,(H2,14,15,16,17). The predicted molar refractivity (Wildman–Crippen MR) is 71.5 cm³/mol.